The third kappa shape index (κ3) is 3.30. The molecule has 110 valence electrons. The van der Waals surface area contributed by atoms with Gasteiger partial charge < -0.3 is 10.2 Å². The van der Waals surface area contributed by atoms with Crippen LogP contribution >= 0.6 is 0 Å². The van der Waals surface area contributed by atoms with Crippen LogP contribution in [0, 0.1) is 6.92 Å². The van der Waals surface area contributed by atoms with Crippen LogP contribution in [0.2, 0.25) is 0 Å². The van der Waals surface area contributed by atoms with Crippen LogP contribution in [0.4, 0.5) is 5.82 Å². The predicted molar refractivity (Wildman–Crippen MR) is 83.3 cm³/mol. The summed E-state index contributed by atoms with van der Waals surface area (Å²) >= 11 is 0. The van der Waals surface area contributed by atoms with Crippen LogP contribution in [0.25, 0.3) is 0 Å². The van der Waals surface area contributed by atoms with Crippen molar-refractivity contribution in [3.05, 3.63) is 23.9 Å². The van der Waals surface area contributed by atoms with Crippen LogP contribution in [0.1, 0.15) is 24.8 Å². The minimum Gasteiger partial charge on any atom is -0.355 e. The van der Waals surface area contributed by atoms with E-state index in [0.717, 1.165) is 24.9 Å². The summed E-state index contributed by atoms with van der Waals surface area (Å²) in [6.07, 6.45) is 5.80. The van der Waals surface area contributed by atoms with E-state index in [9.17, 15) is 0 Å². The highest BCUT2D eigenvalue weighted by molar-refractivity contribution is 5.40. The van der Waals surface area contributed by atoms with Crippen LogP contribution in [-0.4, -0.2) is 55.2 Å². The van der Waals surface area contributed by atoms with Gasteiger partial charge in [-0.1, -0.05) is 0 Å². The molecule has 4 heteroatoms. The summed E-state index contributed by atoms with van der Waals surface area (Å²) in [5, 5.41) is 3.46. The Morgan fingerprint density at radius 1 is 1.15 bits per heavy atom. The van der Waals surface area contributed by atoms with Gasteiger partial charge in [0.25, 0.3) is 0 Å². The number of hydrogen-bond acceptors (Lipinski definition) is 4. The van der Waals surface area contributed by atoms with Gasteiger partial charge in [0, 0.05) is 38.4 Å². The molecule has 2 aliphatic rings. The Morgan fingerprint density at radius 2 is 2.00 bits per heavy atom. The number of aryl methyl sites for hydroxylation is 1. The normalized spacial score (nSPS) is 22.8. The van der Waals surface area contributed by atoms with Gasteiger partial charge in [0.1, 0.15) is 5.82 Å². The number of aromatic nitrogens is 1. The lowest BCUT2D eigenvalue weighted by atomic mass is 10.0. The molecule has 0 unspecified atom stereocenters. The van der Waals surface area contributed by atoms with Crippen molar-refractivity contribution in [1.29, 1.82) is 0 Å². The third-order valence-electron chi connectivity index (χ3n) is 4.58. The highest BCUT2D eigenvalue weighted by Gasteiger charge is 2.23. The Bertz CT molecular complexity index is 428. The second-order valence-corrected chi connectivity index (χ2v) is 6.05. The van der Waals surface area contributed by atoms with E-state index in [1.165, 1.54) is 51.0 Å². The first-order valence-electron chi connectivity index (χ1n) is 7.95. The number of nitrogens with one attached hydrogen (secondary N) is 1. The van der Waals surface area contributed by atoms with Crippen molar-refractivity contribution in [3.8, 4) is 0 Å². The molecule has 0 amide bonds. The van der Waals surface area contributed by atoms with Gasteiger partial charge in [-0.05, 0) is 57.0 Å². The van der Waals surface area contributed by atoms with Crippen LogP contribution in [0.3, 0.4) is 0 Å². The van der Waals surface area contributed by atoms with E-state index in [0.29, 0.717) is 0 Å². The molecule has 0 spiro atoms. The monoisotopic (exact) mass is 274 g/mol. The molecule has 0 aliphatic carbocycles. The maximum atomic E-state index is 4.54. The number of hydrogen-bond donors (Lipinski definition) is 1. The van der Waals surface area contributed by atoms with Gasteiger partial charge in [0.2, 0.25) is 0 Å². The fraction of sp³-hybridized carbons (Fsp3) is 0.688. The van der Waals surface area contributed by atoms with Crippen molar-refractivity contribution in [3.63, 3.8) is 0 Å². The molecular weight excluding hydrogens is 248 g/mol. The molecule has 1 N–H and O–H groups in total. The van der Waals surface area contributed by atoms with Gasteiger partial charge in [0.15, 0.2) is 0 Å². The van der Waals surface area contributed by atoms with Gasteiger partial charge >= 0.3 is 0 Å². The summed E-state index contributed by atoms with van der Waals surface area (Å²) in [6, 6.07) is 5.07. The van der Waals surface area contributed by atoms with Crippen LogP contribution in [-0.2, 0) is 0 Å². The molecule has 0 radical (unpaired) electrons. The Labute approximate surface area is 122 Å². The lowest BCUT2D eigenvalue weighted by molar-refractivity contribution is 0.173. The van der Waals surface area contributed by atoms with Crippen LogP contribution in [0.15, 0.2) is 18.3 Å². The van der Waals surface area contributed by atoms with Gasteiger partial charge in [0.05, 0.1) is 0 Å². The zero-order valence-corrected chi connectivity index (χ0v) is 12.5. The largest absolute Gasteiger partial charge is 0.355 e. The quantitative estimate of drug-likeness (QED) is 0.888. The first kappa shape index (κ1) is 13.8. The first-order chi connectivity index (χ1) is 9.83. The minimum atomic E-state index is 0.793. The summed E-state index contributed by atoms with van der Waals surface area (Å²) in [7, 11) is 0. The highest BCUT2D eigenvalue weighted by atomic mass is 15.3. The van der Waals surface area contributed by atoms with Crippen molar-refractivity contribution in [2.75, 3.05) is 44.2 Å². The average molecular weight is 274 g/mol. The Balaban J connectivity index is 1.61. The standard InChI is InChI=1S/C16H26N4/c1-14-3-8-18-16(13-14)20-10-2-9-19(11-12-20)15-4-6-17-7-5-15/h3,8,13,15,17H,2,4-7,9-12H2,1H3. The summed E-state index contributed by atoms with van der Waals surface area (Å²) in [6.45, 7) is 9.19. The van der Waals surface area contributed by atoms with Crippen LogP contribution < -0.4 is 10.2 Å². The Morgan fingerprint density at radius 3 is 2.80 bits per heavy atom. The van der Waals surface area contributed by atoms with Gasteiger partial charge in [-0.15, -0.1) is 0 Å². The molecule has 0 aromatic carbocycles. The predicted octanol–water partition coefficient (Wildman–Crippen LogP) is 1.65. The van der Waals surface area contributed by atoms with Gasteiger partial charge in [-0.3, -0.25) is 4.90 Å². The molecule has 0 atom stereocenters. The summed E-state index contributed by atoms with van der Waals surface area (Å²) in [4.78, 5) is 9.70. The first-order valence-corrected chi connectivity index (χ1v) is 7.95. The van der Waals surface area contributed by atoms with Gasteiger partial charge in [-0.2, -0.15) is 0 Å². The Kier molecular flexibility index (Phi) is 4.53. The average Bonchev–Trinajstić information content (AvgIpc) is 2.74. The Hall–Kier alpha value is -1.13. The van der Waals surface area contributed by atoms with E-state index in [1.807, 2.05) is 6.20 Å². The van der Waals surface area contributed by atoms with Crippen molar-refractivity contribution in [2.24, 2.45) is 0 Å². The minimum absolute atomic E-state index is 0.793. The van der Waals surface area contributed by atoms with E-state index in [2.05, 4.69) is 39.2 Å². The summed E-state index contributed by atoms with van der Waals surface area (Å²) in [5.41, 5.74) is 1.30. The summed E-state index contributed by atoms with van der Waals surface area (Å²) in [5.74, 6) is 1.15. The number of pyridine rings is 1. The highest BCUT2D eigenvalue weighted by Crippen LogP contribution is 2.18. The molecule has 3 heterocycles. The second kappa shape index (κ2) is 6.55. The summed E-state index contributed by atoms with van der Waals surface area (Å²) < 4.78 is 0. The smallest absolute Gasteiger partial charge is 0.128 e. The maximum Gasteiger partial charge on any atom is 0.128 e. The van der Waals surface area contributed by atoms with E-state index in [-0.39, 0.29) is 0 Å². The van der Waals surface area contributed by atoms with E-state index in [4.69, 9.17) is 0 Å². The number of rotatable bonds is 2. The molecule has 0 bridgehead atoms. The lowest BCUT2D eigenvalue weighted by Crippen LogP contribution is -2.44. The molecule has 2 fully saturated rings. The SMILES string of the molecule is Cc1ccnc(N2CCCN(C3CCNCC3)CC2)c1. The molecule has 2 aliphatic heterocycles. The molecule has 1 aromatic heterocycles. The fourth-order valence-corrected chi connectivity index (χ4v) is 3.40. The molecule has 1 aromatic rings. The van der Waals surface area contributed by atoms with Crippen molar-refractivity contribution in [1.82, 2.24) is 15.2 Å². The van der Waals surface area contributed by atoms with Gasteiger partial charge in [-0.25, -0.2) is 4.98 Å². The fourth-order valence-electron chi connectivity index (χ4n) is 3.40. The second-order valence-electron chi connectivity index (χ2n) is 6.05. The van der Waals surface area contributed by atoms with E-state index in [1.54, 1.807) is 0 Å². The number of piperidine rings is 1. The number of nitrogens with zero attached hydrogens (tertiary/aromatic N) is 3. The van der Waals surface area contributed by atoms with Crippen molar-refractivity contribution >= 4 is 5.82 Å². The molecule has 20 heavy (non-hydrogen) atoms. The molecule has 4 nitrogen and oxygen atoms in total. The topological polar surface area (TPSA) is 31.4 Å². The zero-order chi connectivity index (χ0) is 13.8. The molecule has 2 saturated heterocycles. The third-order valence-corrected chi connectivity index (χ3v) is 4.58. The molecule has 0 saturated carbocycles. The van der Waals surface area contributed by atoms with E-state index < -0.39 is 0 Å². The molecule has 3 rings (SSSR count). The molecular formula is C16H26N4. The van der Waals surface area contributed by atoms with Crippen molar-refractivity contribution in [2.45, 2.75) is 32.2 Å². The van der Waals surface area contributed by atoms with E-state index >= 15 is 0 Å². The van der Waals surface area contributed by atoms with Crippen LogP contribution in [0.5, 0.6) is 0 Å². The maximum absolute atomic E-state index is 4.54. The van der Waals surface area contributed by atoms with Crippen molar-refractivity contribution < 1.29 is 0 Å². The lowest BCUT2D eigenvalue weighted by Gasteiger charge is -2.33. The number of anilines is 1. The zero-order valence-electron chi connectivity index (χ0n) is 12.5.